The van der Waals surface area contributed by atoms with Gasteiger partial charge in [-0.25, -0.2) is 0 Å². The third-order valence-corrected chi connectivity index (χ3v) is 4.71. The van der Waals surface area contributed by atoms with E-state index in [9.17, 15) is 0 Å². The van der Waals surface area contributed by atoms with Gasteiger partial charge in [0, 0.05) is 19.1 Å². The molecule has 1 unspecified atom stereocenters. The highest BCUT2D eigenvalue weighted by Crippen LogP contribution is 2.31. The number of rotatable bonds is 7. The first-order chi connectivity index (χ1) is 7.63. The zero-order valence-electron chi connectivity index (χ0n) is 9.65. The maximum absolute atomic E-state index is 3.56. The summed E-state index contributed by atoms with van der Waals surface area (Å²) in [6, 6.07) is 2.66. The standard InChI is InChI=1S/C11H18Br2N2S/c1-3-4-14-6-8(2)15-7-9-5-10(12)16-11(9)13/h5,8,14-15H,3-4,6-7H2,1-2H3. The van der Waals surface area contributed by atoms with Gasteiger partial charge in [0.1, 0.15) is 0 Å². The summed E-state index contributed by atoms with van der Waals surface area (Å²) in [6.07, 6.45) is 1.19. The summed E-state index contributed by atoms with van der Waals surface area (Å²) in [5.41, 5.74) is 1.32. The first kappa shape index (κ1) is 14.6. The van der Waals surface area contributed by atoms with E-state index in [1.54, 1.807) is 11.3 Å². The van der Waals surface area contributed by atoms with Gasteiger partial charge in [0.15, 0.2) is 0 Å². The number of nitrogens with one attached hydrogen (secondary N) is 2. The molecule has 1 heterocycles. The van der Waals surface area contributed by atoms with Crippen molar-refractivity contribution in [3.8, 4) is 0 Å². The molecule has 0 aliphatic heterocycles. The van der Waals surface area contributed by atoms with E-state index in [1.807, 2.05) is 0 Å². The van der Waals surface area contributed by atoms with Crippen LogP contribution in [0, 0.1) is 0 Å². The molecule has 1 aromatic rings. The molecule has 5 heteroatoms. The molecule has 1 atom stereocenters. The van der Waals surface area contributed by atoms with Crippen LogP contribution in [0.3, 0.4) is 0 Å². The Balaban J connectivity index is 2.26. The summed E-state index contributed by atoms with van der Waals surface area (Å²) in [6.45, 7) is 7.43. The Labute approximate surface area is 118 Å². The largest absolute Gasteiger partial charge is 0.315 e. The van der Waals surface area contributed by atoms with Crippen molar-refractivity contribution >= 4 is 43.2 Å². The average molecular weight is 370 g/mol. The predicted octanol–water partition coefficient (Wildman–Crippen LogP) is 3.75. The molecular formula is C11H18Br2N2S. The summed E-state index contributed by atoms with van der Waals surface area (Å²) < 4.78 is 2.38. The molecule has 1 rings (SSSR count). The minimum Gasteiger partial charge on any atom is -0.315 e. The van der Waals surface area contributed by atoms with Gasteiger partial charge >= 0.3 is 0 Å². The van der Waals surface area contributed by atoms with Crippen molar-refractivity contribution < 1.29 is 0 Å². The molecule has 0 amide bonds. The van der Waals surface area contributed by atoms with Crippen LogP contribution in [0.1, 0.15) is 25.8 Å². The second kappa shape index (κ2) is 7.82. The van der Waals surface area contributed by atoms with E-state index in [2.05, 4.69) is 62.4 Å². The van der Waals surface area contributed by atoms with Crippen molar-refractivity contribution in [1.29, 1.82) is 0 Å². The molecule has 16 heavy (non-hydrogen) atoms. The van der Waals surface area contributed by atoms with Crippen molar-refractivity contribution in [2.45, 2.75) is 32.9 Å². The van der Waals surface area contributed by atoms with E-state index < -0.39 is 0 Å². The minimum absolute atomic E-state index is 0.497. The lowest BCUT2D eigenvalue weighted by atomic mass is 10.3. The van der Waals surface area contributed by atoms with Gasteiger partial charge in [0.05, 0.1) is 7.57 Å². The zero-order chi connectivity index (χ0) is 12.0. The number of thiophene rings is 1. The quantitative estimate of drug-likeness (QED) is 0.715. The molecular weight excluding hydrogens is 352 g/mol. The van der Waals surface area contributed by atoms with Crippen LogP contribution in [0.2, 0.25) is 0 Å². The summed E-state index contributed by atoms with van der Waals surface area (Å²) in [5, 5.41) is 6.92. The second-order valence-corrected chi connectivity index (χ2v) is 7.58. The normalized spacial score (nSPS) is 13.0. The summed E-state index contributed by atoms with van der Waals surface area (Å²) >= 11 is 8.77. The van der Waals surface area contributed by atoms with Gasteiger partial charge in [-0.05, 0) is 63.4 Å². The van der Waals surface area contributed by atoms with Gasteiger partial charge in [-0.3, -0.25) is 0 Å². The van der Waals surface area contributed by atoms with Gasteiger partial charge in [0.25, 0.3) is 0 Å². The third kappa shape index (κ3) is 5.27. The Morgan fingerprint density at radius 1 is 1.44 bits per heavy atom. The molecule has 2 N–H and O–H groups in total. The molecule has 0 radical (unpaired) electrons. The van der Waals surface area contributed by atoms with Crippen LogP contribution < -0.4 is 10.6 Å². The van der Waals surface area contributed by atoms with Gasteiger partial charge in [0.2, 0.25) is 0 Å². The fourth-order valence-corrected chi connectivity index (χ4v) is 4.17. The summed E-state index contributed by atoms with van der Waals surface area (Å²) in [4.78, 5) is 0. The molecule has 0 saturated carbocycles. The molecule has 1 aromatic heterocycles. The van der Waals surface area contributed by atoms with Gasteiger partial charge in [-0.1, -0.05) is 6.92 Å². The van der Waals surface area contributed by atoms with E-state index >= 15 is 0 Å². The summed E-state index contributed by atoms with van der Waals surface area (Å²) in [7, 11) is 0. The Bertz CT molecular complexity index is 315. The van der Waals surface area contributed by atoms with Crippen LogP contribution in [-0.2, 0) is 6.54 Å². The summed E-state index contributed by atoms with van der Waals surface area (Å²) in [5.74, 6) is 0. The third-order valence-electron chi connectivity index (χ3n) is 2.25. The van der Waals surface area contributed by atoms with E-state index in [0.29, 0.717) is 6.04 Å². The maximum Gasteiger partial charge on any atom is 0.0755 e. The van der Waals surface area contributed by atoms with E-state index in [4.69, 9.17) is 0 Å². The predicted molar refractivity (Wildman–Crippen MR) is 79.2 cm³/mol. The van der Waals surface area contributed by atoms with Crippen molar-refractivity contribution in [2.75, 3.05) is 13.1 Å². The van der Waals surface area contributed by atoms with Crippen LogP contribution in [0.5, 0.6) is 0 Å². The smallest absolute Gasteiger partial charge is 0.0755 e. The highest BCUT2D eigenvalue weighted by Gasteiger charge is 2.06. The van der Waals surface area contributed by atoms with Gasteiger partial charge in [-0.2, -0.15) is 0 Å². The topological polar surface area (TPSA) is 24.1 Å². The Morgan fingerprint density at radius 3 is 2.75 bits per heavy atom. The van der Waals surface area contributed by atoms with Crippen LogP contribution in [0.15, 0.2) is 13.6 Å². The molecule has 0 aromatic carbocycles. The van der Waals surface area contributed by atoms with Crippen molar-refractivity contribution in [3.63, 3.8) is 0 Å². The molecule has 0 saturated heterocycles. The lowest BCUT2D eigenvalue weighted by Crippen LogP contribution is -2.36. The van der Waals surface area contributed by atoms with Gasteiger partial charge in [-0.15, -0.1) is 11.3 Å². The maximum atomic E-state index is 3.56. The molecule has 0 spiro atoms. The lowest BCUT2D eigenvalue weighted by Gasteiger charge is -2.14. The fraction of sp³-hybridized carbons (Fsp3) is 0.636. The highest BCUT2D eigenvalue weighted by atomic mass is 79.9. The SMILES string of the molecule is CCCNCC(C)NCc1cc(Br)sc1Br. The molecule has 0 bridgehead atoms. The molecule has 2 nitrogen and oxygen atoms in total. The Kier molecular flexibility index (Phi) is 7.16. The monoisotopic (exact) mass is 368 g/mol. The van der Waals surface area contributed by atoms with Crippen molar-refractivity contribution in [3.05, 3.63) is 19.2 Å². The van der Waals surface area contributed by atoms with Crippen LogP contribution >= 0.6 is 43.2 Å². The number of hydrogen-bond donors (Lipinski definition) is 2. The van der Waals surface area contributed by atoms with E-state index in [0.717, 1.165) is 19.6 Å². The van der Waals surface area contributed by atoms with Crippen LogP contribution in [-0.4, -0.2) is 19.1 Å². The molecule has 92 valence electrons. The Hall–Kier alpha value is 0.580. The number of halogens is 2. The fourth-order valence-electron chi connectivity index (χ4n) is 1.35. The molecule has 0 fully saturated rings. The van der Waals surface area contributed by atoms with E-state index in [1.165, 1.54) is 19.6 Å². The number of hydrogen-bond acceptors (Lipinski definition) is 3. The molecule has 0 aliphatic rings. The first-order valence-electron chi connectivity index (χ1n) is 5.51. The highest BCUT2D eigenvalue weighted by molar-refractivity contribution is 9.12. The average Bonchev–Trinajstić information content (AvgIpc) is 2.55. The van der Waals surface area contributed by atoms with Crippen molar-refractivity contribution in [2.24, 2.45) is 0 Å². The second-order valence-electron chi connectivity index (χ2n) is 3.84. The zero-order valence-corrected chi connectivity index (χ0v) is 13.6. The minimum atomic E-state index is 0.497. The van der Waals surface area contributed by atoms with Crippen LogP contribution in [0.4, 0.5) is 0 Å². The van der Waals surface area contributed by atoms with Crippen molar-refractivity contribution in [1.82, 2.24) is 10.6 Å². The first-order valence-corrected chi connectivity index (χ1v) is 7.91. The molecule has 0 aliphatic carbocycles. The van der Waals surface area contributed by atoms with Gasteiger partial charge < -0.3 is 10.6 Å². The Morgan fingerprint density at radius 2 is 2.19 bits per heavy atom. The van der Waals surface area contributed by atoms with Crippen LogP contribution in [0.25, 0.3) is 0 Å². The van der Waals surface area contributed by atoms with E-state index in [-0.39, 0.29) is 0 Å². The lowest BCUT2D eigenvalue weighted by molar-refractivity contribution is 0.501.